The van der Waals surface area contributed by atoms with Crippen molar-refractivity contribution < 1.29 is 4.92 Å². The van der Waals surface area contributed by atoms with E-state index in [1.807, 2.05) is 6.92 Å². The Labute approximate surface area is 96.5 Å². The largest absolute Gasteiger partial charge is 0.378 e. The third-order valence-corrected chi connectivity index (χ3v) is 2.22. The quantitative estimate of drug-likeness (QED) is 0.617. The number of pyridine rings is 1. The van der Waals surface area contributed by atoms with Gasteiger partial charge in [0.2, 0.25) is 5.82 Å². The zero-order valence-electron chi connectivity index (χ0n) is 8.99. The van der Waals surface area contributed by atoms with E-state index in [4.69, 9.17) is 5.73 Å². The molecule has 7 heteroatoms. The molecule has 0 spiro atoms. The lowest BCUT2D eigenvalue weighted by Gasteiger charge is -2.03. The zero-order valence-corrected chi connectivity index (χ0v) is 8.99. The van der Waals surface area contributed by atoms with Gasteiger partial charge in [-0.05, 0) is 19.1 Å². The minimum Gasteiger partial charge on any atom is -0.378 e. The zero-order chi connectivity index (χ0) is 12.4. The Bertz CT molecular complexity index is 567. The Morgan fingerprint density at radius 1 is 1.29 bits per heavy atom. The summed E-state index contributed by atoms with van der Waals surface area (Å²) < 4.78 is 0. The number of rotatable bonds is 2. The van der Waals surface area contributed by atoms with Crippen LogP contribution in [0.5, 0.6) is 0 Å². The Hall–Kier alpha value is -2.57. The summed E-state index contributed by atoms with van der Waals surface area (Å²) in [4.78, 5) is 21.9. The van der Waals surface area contributed by atoms with Crippen LogP contribution in [0.25, 0.3) is 11.3 Å². The van der Waals surface area contributed by atoms with E-state index in [9.17, 15) is 10.1 Å². The number of hydrogen-bond donors (Lipinski definition) is 1. The number of nitrogens with two attached hydrogens (primary N) is 1. The van der Waals surface area contributed by atoms with Crippen molar-refractivity contribution >= 4 is 11.5 Å². The molecule has 2 rings (SSSR count). The van der Waals surface area contributed by atoms with Crippen molar-refractivity contribution in [3.05, 3.63) is 40.5 Å². The van der Waals surface area contributed by atoms with E-state index in [1.54, 1.807) is 12.1 Å². The van der Waals surface area contributed by atoms with Gasteiger partial charge in [0.05, 0.1) is 4.92 Å². The first-order valence-electron chi connectivity index (χ1n) is 4.77. The predicted molar refractivity (Wildman–Crippen MR) is 61.1 cm³/mol. The van der Waals surface area contributed by atoms with Crippen molar-refractivity contribution in [2.75, 3.05) is 5.73 Å². The van der Waals surface area contributed by atoms with Crippen molar-refractivity contribution in [1.29, 1.82) is 0 Å². The van der Waals surface area contributed by atoms with E-state index in [0.29, 0.717) is 5.56 Å². The fourth-order valence-electron chi connectivity index (χ4n) is 1.39. The Morgan fingerprint density at radius 2 is 2.06 bits per heavy atom. The molecule has 86 valence electrons. The minimum absolute atomic E-state index is 0.152. The maximum absolute atomic E-state index is 10.9. The first-order chi connectivity index (χ1) is 8.09. The molecule has 0 unspecified atom stereocenters. The Balaban J connectivity index is 2.63. The van der Waals surface area contributed by atoms with Crippen LogP contribution in [-0.4, -0.2) is 19.9 Å². The molecule has 0 bridgehead atoms. The topological polar surface area (TPSA) is 108 Å². The molecule has 0 amide bonds. The SMILES string of the molecule is Cc1ccc(-c2ncnc(N)c2[N+](=O)[O-])cn1. The van der Waals surface area contributed by atoms with E-state index in [2.05, 4.69) is 15.0 Å². The predicted octanol–water partition coefficient (Wildman–Crippen LogP) is 1.34. The summed E-state index contributed by atoms with van der Waals surface area (Å²) in [6, 6.07) is 3.45. The van der Waals surface area contributed by atoms with Crippen LogP contribution in [0, 0.1) is 17.0 Å². The fourth-order valence-corrected chi connectivity index (χ4v) is 1.39. The highest BCUT2D eigenvalue weighted by molar-refractivity contribution is 5.74. The van der Waals surface area contributed by atoms with Gasteiger partial charge in [-0.3, -0.25) is 15.1 Å². The van der Waals surface area contributed by atoms with Crippen molar-refractivity contribution in [3.63, 3.8) is 0 Å². The van der Waals surface area contributed by atoms with Gasteiger partial charge >= 0.3 is 5.69 Å². The molecule has 0 aliphatic rings. The second-order valence-corrected chi connectivity index (χ2v) is 3.40. The molecule has 7 nitrogen and oxygen atoms in total. The van der Waals surface area contributed by atoms with Gasteiger partial charge in [-0.1, -0.05) is 0 Å². The first-order valence-corrected chi connectivity index (χ1v) is 4.77. The van der Waals surface area contributed by atoms with E-state index >= 15 is 0 Å². The molecule has 17 heavy (non-hydrogen) atoms. The number of nitrogens with zero attached hydrogens (tertiary/aromatic N) is 4. The van der Waals surface area contributed by atoms with Crippen LogP contribution in [0.4, 0.5) is 11.5 Å². The van der Waals surface area contributed by atoms with Gasteiger partial charge in [-0.15, -0.1) is 0 Å². The molecule has 2 aromatic heterocycles. The highest BCUT2D eigenvalue weighted by Crippen LogP contribution is 2.30. The van der Waals surface area contributed by atoms with Crippen molar-refractivity contribution in [1.82, 2.24) is 15.0 Å². The lowest BCUT2D eigenvalue weighted by atomic mass is 10.1. The number of nitro groups is 1. The minimum atomic E-state index is -0.593. The van der Waals surface area contributed by atoms with E-state index in [1.165, 1.54) is 12.5 Å². The molecule has 2 N–H and O–H groups in total. The van der Waals surface area contributed by atoms with Crippen molar-refractivity contribution in [2.24, 2.45) is 0 Å². The van der Waals surface area contributed by atoms with Gasteiger partial charge in [0.25, 0.3) is 0 Å². The second kappa shape index (κ2) is 4.12. The third-order valence-electron chi connectivity index (χ3n) is 2.22. The highest BCUT2D eigenvalue weighted by Gasteiger charge is 2.21. The summed E-state index contributed by atoms with van der Waals surface area (Å²) in [7, 11) is 0. The van der Waals surface area contributed by atoms with Crippen LogP contribution >= 0.6 is 0 Å². The summed E-state index contributed by atoms with van der Waals surface area (Å²) in [5, 5.41) is 10.9. The maximum atomic E-state index is 10.9. The van der Waals surface area contributed by atoms with Crippen LogP contribution in [0.2, 0.25) is 0 Å². The van der Waals surface area contributed by atoms with E-state index in [0.717, 1.165) is 5.69 Å². The van der Waals surface area contributed by atoms with Gasteiger partial charge < -0.3 is 5.73 Å². The average Bonchev–Trinajstić information content (AvgIpc) is 2.29. The lowest BCUT2D eigenvalue weighted by Crippen LogP contribution is -2.02. The summed E-state index contributed by atoms with van der Waals surface area (Å²) in [5.74, 6) is -0.152. The lowest BCUT2D eigenvalue weighted by molar-refractivity contribution is -0.383. The Kier molecular flexibility index (Phi) is 2.65. The molecule has 0 aliphatic carbocycles. The summed E-state index contributed by atoms with van der Waals surface area (Å²) in [6.07, 6.45) is 2.71. The molecule has 2 heterocycles. The number of hydrogen-bond acceptors (Lipinski definition) is 6. The molecule has 0 atom stereocenters. The normalized spacial score (nSPS) is 10.2. The van der Waals surface area contributed by atoms with Gasteiger partial charge in [0.15, 0.2) is 5.69 Å². The maximum Gasteiger partial charge on any atom is 0.337 e. The second-order valence-electron chi connectivity index (χ2n) is 3.40. The fraction of sp³-hybridized carbons (Fsp3) is 0.100. The average molecular weight is 231 g/mol. The third kappa shape index (κ3) is 2.03. The standard InChI is InChI=1S/C10H9N5O2/c1-6-2-3-7(4-12-6)8-9(15(16)17)10(11)14-5-13-8/h2-5H,1H3,(H2,11,13,14). The van der Waals surface area contributed by atoms with Crippen molar-refractivity contribution in [3.8, 4) is 11.3 Å². The molecular formula is C10H9N5O2. The van der Waals surface area contributed by atoms with E-state index < -0.39 is 4.92 Å². The van der Waals surface area contributed by atoms with Crippen molar-refractivity contribution in [2.45, 2.75) is 6.92 Å². The summed E-state index contributed by atoms with van der Waals surface area (Å²) in [6.45, 7) is 1.83. The molecule has 0 aromatic carbocycles. The van der Waals surface area contributed by atoms with Crippen LogP contribution in [0.3, 0.4) is 0 Å². The number of aryl methyl sites for hydroxylation is 1. The van der Waals surface area contributed by atoms with Crippen LogP contribution in [0.15, 0.2) is 24.7 Å². The number of nitrogen functional groups attached to an aromatic ring is 1. The van der Waals surface area contributed by atoms with Crippen LogP contribution in [-0.2, 0) is 0 Å². The van der Waals surface area contributed by atoms with Gasteiger partial charge in [0.1, 0.15) is 6.33 Å². The van der Waals surface area contributed by atoms with Gasteiger partial charge in [-0.2, -0.15) is 0 Å². The molecule has 0 saturated heterocycles. The molecule has 0 aliphatic heterocycles. The van der Waals surface area contributed by atoms with Crippen LogP contribution in [0.1, 0.15) is 5.69 Å². The smallest absolute Gasteiger partial charge is 0.337 e. The van der Waals surface area contributed by atoms with Crippen LogP contribution < -0.4 is 5.73 Å². The Morgan fingerprint density at radius 3 is 2.65 bits per heavy atom. The van der Waals surface area contributed by atoms with Gasteiger partial charge in [0, 0.05) is 17.5 Å². The molecule has 0 fully saturated rings. The summed E-state index contributed by atoms with van der Waals surface area (Å²) in [5.41, 5.74) is 6.72. The molecular weight excluding hydrogens is 222 g/mol. The van der Waals surface area contributed by atoms with Gasteiger partial charge in [-0.25, -0.2) is 9.97 Å². The van der Waals surface area contributed by atoms with E-state index in [-0.39, 0.29) is 17.2 Å². The first kappa shape index (κ1) is 10.9. The molecule has 0 saturated carbocycles. The highest BCUT2D eigenvalue weighted by atomic mass is 16.6. The summed E-state index contributed by atoms with van der Waals surface area (Å²) >= 11 is 0. The number of anilines is 1. The number of aromatic nitrogens is 3. The monoisotopic (exact) mass is 231 g/mol. The molecule has 0 radical (unpaired) electrons. The molecule has 2 aromatic rings.